The van der Waals surface area contributed by atoms with E-state index in [4.69, 9.17) is 11.0 Å². The lowest BCUT2D eigenvalue weighted by atomic mass is 10.1. The lowest BCUT2D eigenvalue weighted by molar-refractivity contribution is 1.15. The molecule has 0 heterocycles. The van der Waals surface area contributed by atoms with Gasteiger partial charge in [0.15, 0.2) is 0 Å². The summed E-state index contributed by atoms with van der Waals surface area (Å²) in [7, 11) is 0. The summed E-state index contributed by atoms with van der Waals surface area (Å²) in [4.78, 5) is 0. The Kier molecular flexibility index (Phi) is 3.27. The Labute approximate surface area is 101 Å². The quantitative estimate of drug-likeness (QED) is 0.786. The van der Waals surface area contributed by atoms with Crippen molar-refractivity contribution >= 4 is 11.4 Å². The van der Waals surface area contributed by atoms with Crippen LogP contribution < -0.4 is 11.1 Å². The monoisotopic (exact) mass is 223 g/mol. The van der Waals surface area contributed by atoms with Crippen LogP contribution in [-0.2, 0) is 6.54 Å². The third kappa shape index (κ3) is 2.76. The molecule has 0 radical (unpaired) electrons. The summed E-state index contributed by atoms with van der Waals surface area (Å²) in [5.74, 6) is 0. The first-order valence-corrected chi connectivity index (χ1v) is 5.37. The summed E-state index contributed by atoms with van der Waals surface area (Å²) in [5.41, 5.74) is 9.20. The molecule has 0 saturated heterocycles. The van der Waals surface area contributed by atoms with E-state index in [1.807, 2.05) is 42.5 Å². The van der Waals surface area contributed by atoms with Gasteiger partial charge in [-0.1, -0.05) is 24.3 Å². The van der Waals surface area contributed by atoms with Gasteiger partial charge in [0, 0.05) is 6.54 Å². The number of nitrogen functional groups attached to an aromatic ring is 1. The lowest BCUT2D eigenvalue weighted by Crippen LogP contribution is -2.02. The fourth-order valence-electron chi connectivity index (χ4n) is 1.61. The third-order valence-corrected chi connectivity index (χ3v) is 2.50. The van der Waals surface area contributed by atoms with Crippen molar-refractivity contribution in [1.29, 1.82) is 5.26 Å². The van der Waals surface area contributed by atoms with Crippen LogP contribution in [0, 0.1) is 11.3 Å². The van der Waals surface area contributed by atoms with Crippen LogP contribution in [0.5, 0.6) is 0 Å². The second kappa shape index (κ2) is 5.04. The van der Waals surface area contributed by atoms with Gasteiger partial charge in [0.05, 0.1) is 23.0 Å². The van der Waals surface area contributed by atoms with Gasteiger partial charge in [0.25, 0.3) is 0 Å². The summed E-state index contributed by atoms with van der Waals surface area (Å²) >= 11 is 0. The van der Waals surface area contributed by atoms with Crippen molar-refractivity contribution in [3.8, 4) is 6.07 Å². The highest BCUT2D eigenvalue weighted by Gasteiger charge is 1.98. The number of nitrogens with zero attached hydrogens (tertiary/aromatic N) is 1. The van der Waals surface area contributed by atoms with Gasteiger partial charge in [-0.2, -0.15) is 5.26 Å². The molecule has 0 saturated carbocycles. The molecular formula is C14H13N3. The van der Waals surface area contributed by atoms with Crippen LogP contribution in [-0.4, -0.2) is 0 Å². The average Bonchev–Trinajstić information content (AvgIpc) is 2.38. The highest BCUT2D eigenvalue weighted by Crippen LogP contribution is 2.17. The molecule has 3 heteroatoms. The van der Waals surface area contributed by atoms with Gasteiger partial charge >= 0.3 is 0 Å². The van der Waals surface area contributed by atoms with Crippen LogP contribution in [0.25, 0.3) is 0 Å². The third-order valence-electron chi connectivity index (χ3n) is 2.50. The van der Waals surface area contributed by atoms with Crippen molar-refractivity contribution in [2.45, 2.75) is 6.54 Å². The summed E-state index contributed by atoms with van der Waals surface area (Å²) in [6.45, 7) is 0.656. The van der Waals surface area contributed by atoms with Crippen LogP contribution in [0.15, 0.2) is 48.5 Å². The SMILES string of the molecule is N#Cc1cccc(CNc2ccccc2N)c1. The molecule has 17 heavy (non-hydrogen) atoms. The first-order chi connectivity index (χ1) is 8.29. The fourth-order valence-corrected chi connectivity index (χ4v) is 1.61. The van der Waals surface area contributed by atoms with Crippen molar-refractivity contribution < 1.29 is 0 Å². The molecule has 0 atom stereocenters. The number of rotatable bonds is 3. The molecule has 2 aromatic carbocycles. The summed E-state index contributed by atoms with van der Waals surface area (Å²) < 4.78 is 0. The summed E-state index contributed by atoms with van der Waals surface area (Å²) in [6, 6.07) is 17.3. The van der Waals surface area contributed by atoms with Gasteiger partial charge in [-0.3, -0.25) is 0 Å². The Morgan fingerprint density at radius 3 is 2.71 bits per heavy atom. The number of nitriles is 1. The zero-order valence-corrected chi connectivity index (χ0v) is 9.35. The molecule has 0 amide bonds. The van der Waals surface area contributed by atoms with Gasteiger partial charge < -0.3 is 11.1 Å². The van der Waals surface area contributed by atoms with Crippen LogP contribution in [0.1, 0.15) is 11.1 Å². The van der Waals surface area contributed by atoms with E-state index < -0.39 is 0 Å². The van der Waals surface area contributed by atoms with E-state index in [1.165, 1.54) is 0 Å². The highest BCUT2D eigenvalue weighted by atomic mass is 14.9. The first-order valence-electron chi connectivity index (χ1n) is 5.37. The summed E-state index contributed by atoms with van der Waals surface area (Å²) in [5, 5.41) is 12.0. The molecule has 0 aromatic heterocycles. The second-order valence-corrected chi connectivity index (χ2v) is 3.75. The molecule has 0 unspecified atom stereocenters. The Bertz CT molecular complexity index is 555. The lowest BCUT2D eigenvalue weighted by Gasteiger charge is -2.09. The second-order valence-electron chi connectivity index (χ2n) is 3.75. The molecule has 2 aromatic rings. The number of para-hydroxylation sites is 2. The number of hydrogen-bond donors (Lipinski definition) is 2. The number of nitrogens with two attached hydrogens (primary N) is 1. The minimum Gasteiger partial charge on any atom is -0.397 e. The predicted octanol–water partition coefficient (Wildman–Crippen LogP) is 2.75. The number of benzene rings is 2. The van der Waals surface area contributed by atoms with Crippen LogP contribution >= 0.6 is 0 Å². The molecule has 0 fully saturated rings. The minimum absolute atomic E-state index is 0.656. The molecule has 0 aliphatic heterocycles. The van der Waals surface area contributed by atoms with Gasteiger partial charge in [0.2, 0.25) is 0 Å². The molecule has 84 valence electrons. The van der Waals surface area contributed by atoms with Crippen molar-refractivity contribution in [1.82, 2.24) is 0 Å². The van der Waals surface area contributed by atoms with Gasteiger partial charge in [-0.05, 0) is 29.8 Å². The van der Waals surface area contributed by atoms with Crippen molar-refractivity contribution in [3.63, 3.8) is 0 Å². The van der Waals surface area contributed by atoms with E-state index in [-0.39, 0.29) is 0 Å². The van der Waals surface area contributed by atoms with Gasteiger partial charge in [-0.15, -0.1) is 0 Å². The molecular weight excluding hydrogens is 210 g/mol. The Balaban J connectivity index is 2.08. The number of hydrogen-bond acceptors (Lipinski definition) is 3. The molecule has 0 aliphatic carbocycles. The van der Waals surface area contributed by atoms with E-state index >= 15 is 0 Å². The van der Waals surface area contributed by atoms with Gasteiger partial charge in [-0.25, -0.2) is 0 Å². The maximum absolute atomic E-state index is 8.80. The first kappa shape index (κ1) is 11.0. The normalized spacial score (nSPS) is 9.59. The standard InChI is InChI=1S/C14H13N3/c15-9-11-4-3-5-12(8-11)10-17-14-7-2-1-6-13(14)16/h1-8,17H,10,16H2. The van der Waals surface area contributed by atoms with E-state index in [1.54, 1.807) is 6.07 Å². The van der Waals surface area contributed by atoms with E-state index in [0.29, 0.717) is 12.1 Å². The number of anilines is 2. The van der Waals surface area contributed by atoms with Crippen LogP contribution in [0.2, 0.25) is 0 Å². The van der Waals surface area contributed by atoms with E-state index in [9.17, 15) is 0 Å². The zero-order chi connectivity index (χ0) is 12.1. The van der Waals surface area contributed by atoms with Crippen molar-refractivity contribution in [3.05, 3.63) is 59.7 Å². The molecule has 0 spiro atoms. The van der Waals surface area contributed by atoms with Crippen LogP contribution in [0.3, 0.4) is 0 Å². The minimum atomic E-state index is 0.656. The van der Waals surface area contributed by atoms with Crippen molar-refractivity contribution in [2.75, 3.05) is 11.1 Å². The summed E-state index contributed by atoms with van der Waals surface area (Å²) in [6.07, 6.45) is 0. The van der Waals surface area contributed by atoms with Crippen LogP contribution in [0.4, 0.5) is 11.4 Å². The van der Waals surface area contributed by atoms with Crippen molar-refractivity contribution in [2.24, 2.45) is 0 Å². The van der Waals surface area contributed by atoms with E-state index in [2.05, 4.69) is 11.4 Å². The Hall–Kier alpha value is -2.47. The molecule has 0 bridgehead atoms. The Morgan fingerprint density at radius 1 is 1.12 bits per heavy atom. The average molecular weight is 223 g/mol. The van der Waals surface area contributed by atoms with Gasteiger partial charge in [0.1, 0.15) is 0 Å². The molecule has 0 aliphatic rings. The predicted molar refractivity (Wildman–Crippen MR) is 69.3 cm³/mol. The molecule has 2 rings (SSSR count). The molecule has 3 N–H and O–H groups in total. The smallest absolute Gasteiger partial charge is 0.0991 e. The highest BCUT2D eigenvalue weighted by molar-refractivity contribution is 5.65. The molecule has 3 nitrogen and oxygen atoms in total. The van der Waals surface area contributed by atoms with E-state index in [0.717, 1.165) is 16.9 Å². The zero-order valence-electron chi connectivity index (χ0n) is 9.35. The largest absolute Gasteiger partial charge is 0.397 e. The maximum Gasteiger partial charge on any atom is 0.0991 e. The maximum atomic E-state index is 8.80. The fraction of sp³-hybridized carbons (Fsp3) is 0.0714. The topological polar surface area (TPSA) is 61.8 Å². The Morgan fingerprint density at radius 2 is 1.94 bits per heavy atom. The number of nitrogens with one attached hydrogen (secondary N) is 1.